The van der Waals surface area contributed by atoms with Gasteiger partial charge in [-0.2, -0.15) is 0 Å². The first kappa shape index (κ1) is 19.2. The van der Waals surface area contributed by atoms with Crippen molar-refractivity contribution in [2.45, 2.75) is 77.5 Å². The molecule has 1 aliphatic heterocycles. The van der Waals surface area contributed by atoms with Gasteiger partial charge in [-0.25, -0.2) is 4.79 Å². The molecule has 1 N–H and O–H groups in total. The summed E-state index contributed by atoms with van der Waals surface area (Å²) < 4.78 is 10.7. The first-order chi connectivity index (χ1) is 10.3. The largest absolute Gasteiger partial charge is 0.444 e. The SMILES string of the molecule is COCCNC(C)CC1CCCCCN1C(=O)OC(C)(C)C. The van der Waals surface area contributed by atoms with Crippen LogP contribution in [-0.4, -0.2) is 55.5 Å². The second-order valence-corrected chi connectivity index (χ2v) is 7.26. The van der Waals surface area contributed by atoms with Crippen molar-refractivity contribution >= 4 is 6.09 Å². The molecule has 130 valence electrons. The first-order valence-electron chi connectivity index (χ1n) is 8.55. The number of amides is 1. The van der Waals surface area contributed by atoms with E-state index in [2.05, 4.69) is 12.2 Å². The number of nitrogens with one attached hydrogen (secondary N) is 1. The van der Waals surface area contributed by atoms with Crippen LogP contribution >= 0.6 is 0 Å². The van der Waals surface area contributed by atoms with Gasteiger partial charge in [0.2, 0.25) is 0 Å². The van der Waals surface area contributed by atoms with Gasteiger partial charge in [-0.1, -0.05) is 12.8 Å². The Morgan fingerprint density at radius 3 is 2.68 bits per heavy atom. The minimum absolute atomic E-state index is 0.163. The standard InChI is InChI=1S/C17H34N2O3/c1-14(18-10-12-21-5)13-15-9-7-6-8-11-19(15)16(20)22-17(2,3)4/h14-15,18H,6-13H2,1-5H3. The molecule has 0 bridgehead atoms. The minimum atomic E-state index is -0.434. The van der Waals surface area contributed by atoms with Crippen LogP contribution in [0.25, 0.3) is 0 Å². The van der Waals surface area contributed by atoms with Crippen molar-refractivity contribution in [1.29, 1.82) is 0 Å². The molecule has 0 aromatic carbocycles. The summed E-state index contributed by atoms with van der Waals surface area (Å²) in [6.45, 7) is 10.3. The van der Waals surface area contributed by atoms with Crippen LogP contribution in [0.1, 0.15) is 59.8 Å². The molecule has 2 atom stereocenters. The highest BCUT2D eigenvalue weighted by Crippen LogP contribution is 2.23. The normalized spacial score (nSPS) is 21.3. The monoisotopic (exact) mass is 314 g/mol. The lowest BCUT2D eigenvalue weighted by Crippen LogP contribution is -2.46. The Labute approximate surface area is 135 Å². The molecule has 1 fully saturated rings. The number of nitrogens with zero attached hydrogens (tertiary/aromatic N) is 1. The second-order valence-electron chi connectivity index (χ2n) is 7.26. The maximum absolute atomic E-state index is 12.5. The van der Waals surface area contributed by atoms with E-state index in [4.69, 9.17) is 9.47 Å². The maximum atomic E-state index is 12.5. The summed E-state index contributed by atoms with van der Waals surface area (Å²) in [5.41, 5.74) is -0.434. The van der Waals surface area contributed by atoms with Gasteiger partial charge in [0, 0.05) is 32.3 Å². The minimum Gasteiger partial charge on any atom is -0.444 e. The number of ether oxygens (including phenoxy) is 2. The summed E-state index contributed by atoms with van der Waals surface area (Å²) in [4.78, 5) is 14.4. The van der Waals surface area contributed by atoms with Crippen LogP contribution in [0.15, 0.2) is 0 Å². The molecule has 1 aliphatic rings. The van der Waals surface area contributed by atoms with Crippen molar-refractivity contribution in [2.24, 2.45) is 0 Å². The molecule has 0 saturated carbocycles. The van der Waals surface area contributed by atoms with Crippen LogP contribution in [0, 0.1) is 0 Å². The van der Waals surface area contributed by atoms with E-state index in [9.17, 15) is 4.79 Å². The molecule has 1 saturated heterocycles. The van der Waals surface area contributed by atoms with E-state index in [0.717, 1.165) is 32.4 Å². The Balaban J connectivity index is 2.59. The smallest absolute Gasteiger partial charge is 0.410 e. The van der Waals surface area contributed by atoms with Crippen LogP contribution in [0.4, 0.5) is 4.79 Å². The third-order valence-electron chi connectivity index (χ3n) is 3.93. The van der Waals surface area contributed by atoms with Crippen molar-refractivity contribution in [2.75, 3.05) is 26.8 Å². The summed E-state index contributed by atoms with van der Waals surface area (Å²) in [7, 11) is 1.71. The summed E-state index contributed by atoms with van der Waals surface area (Å²) in [6, 6.07) is 0.630. The van der Waals surface area contributed by atoms with Gasteiger partial charge in [0.15, 0.2) is 0 Å². The summed E-state index contributed by atoms with van der Waals surface area (Å²) >= 11 is 0. The van der Waals surface area contributed by atoms with Crippen LogP contribution in [0.2, 0.25) is 0 Å². The predicted octanol–water partition coefficient (Wildman–Crippen LogP) is 3.18. The van der Waals surface area contributed by atoms with Gasteiger partial charge in [-0.3, -0.25) is 0 Å². The summed E-state index contributed by atoms with van der Waals surface area (Å²) in [5.74, 6) is 0. The van der Waals surface area contributed by atoms with Crippen molar-refractivity contribution in [3.8, 4) is 0 Å². The van der Waals surface area contributed by atoms with Gasteiger partial charge >= 0.3 is 6.09 Å². The third-order valence-corrected chi connectivity index (χ3v) is 3.93. The number of carbonyl (C=O) groups is 1. The lowest BCUT2D eigenvalue weighted by Gasteiger charge is -2.33. The fraction of sp³-hybridized carbons (Fsp3) is 0.941. The molecular formula is C17H34N2O3. The van der Waals surface area contributed by atoms with Crippen molar-refractivity contribution in [3.63, 3.8) is 0 Å². The molecule has 5 heteroatoms. The average Bonchev–Trinajstić information content (AvgIpc) is 2.62. The van der Waals surface area contributed by atoms with E-state index in [1.807, 2.05) is 25.7 Å². The molecular weight excluding hydrogens is 280 g/mol. The Morgan fingerprint density at radius 1 is 1.32 bits per heavy atom. The van der Waals surface area contributed by atoms with E-state index in [-0.39, 0.29) is 12.1 Å². The number of carbonyl (C=O) groups excluding carboxylic acids is 1. The van der Waals surface area contributed by atoms with Gasteiger partial charge in [0.05, 0.1) is 6.61 Å². The molecule has 2 unspecified atom stereocenters. The van der Waals surface area contributed by atoms with Crippen LogP contribution in [0.3, 0.4) is 0 Å². The molecule has 1 rings (SSSR count). The lowest BCUT2D eigenvalue weighted by molar-refractivity contribution is 0.0150. The van der Waals surface area contributed by atoms with Gasteiger partial charge < -0.3 is 19.7 Å². The fourth-order valence-corrected chi connectivity index (χ4v) is 2.88. The van der Waals surface area contributed by atoms with E-state index >= 15 is 0 Å². The maximum Gasteiger partial charge on any atom is 0.410 e. The van der Waals surface area contributed by atoms with E-state index in [0.29, 0.717) is 12.6 Å². The molecule has 22 heavy (non-hydrogen) atoms. The highest BCUT2D eigenvalue weighted by molar-refractivity contribution is 5.68. The third kappa shape index (κ3) is 7.45. The molecule has 5 nitrogen and oxygen atoms in total. The number of rotatable bonds is 6. The fourth-order valence-electron chi connectivity index (χ4n) is 2.88. The summed E-state index contributed by atoms with van der Waals surface area (Å²) in [6.07, 6.45) is 5.32. The zero-order valence-electron chi connectivity index (χ0n) is 15.0. The van der Waals surface area contributed by atoms with E-state index in [1.165, 1.54) is 12.8 Å². The van der Waals surface area contributed by atoms with Crippen molar-refractivity contribution < 1.29 is 14.3 Å². The molecule has 0 aromatic rings. The Morgan fingerprint density at radius 2 is 2.05 bits per heavy atom. The van der Waals surface area contributed by atoms with Crippen LogP contribution < -0.4 is 5.32 Å². The van der Waals surface area contributed by atoms with Gasteiger partial charge in [-0.05, 0) is 47.0 Å². The van der Waals surface area contributed by atoms with E-state index in [1.54, 1.807) is 7.11 Å². The van der Waals surface area contributed by atoms with E-state index < -0.39 is 5.60 Å². The zero-order chi connectivity index (χ0) is 16.6. The topological polar surface area (TPSA) is 50.8 Å². The quantitative estimate of drug-likeness (QED) is 0.765. The lowest BCUT2D eigenvalue weighted by atomic mass is 10.0. The Kier molecular flexibility index (Phi) is 8.18. The molecule has 0 spiro atoms. The highest BCUT2D eigenvalue weighted by atomic mass is 16.6. The van der Waals surface area contributed by atoms with Crippen molar-refractivity contribution in [1.82, 2.24) is 10.2 Å². The number of likely N-dealkylation sites (tertiary alicyclic amines) is 1. The van der Waals surface area contributed by atoms with Crippen LogP contribution in [-0.2, 0) is 9.47 Å². The van der Waals surface area contributed by atoms with Gasteiger partial charge in [-0.15, -0.1) is 0 Å². The Bertz CT molecular complexity index is 328. The number of methoxy groups -OCH3 is 1. The molecule has 0 aliphatic carbocycles. The van der Waals surface area contributed by atoms with Gasteiger partial charge in [0.25, 0.3) is 0 Å². The zero-order valence-corrected chi connectivity index (χ0v) is 15.0. The second kappa shape index (κ2) is 9.36. The molecule has 0 aromatic heterocycles. The highest BCUT2D eigenvalue weighted by Gasteiger charge is 2.30. The molecule has 0 radical (unpaired) electrons. The summed E-state index contributed by atoms with van der Waals surface area (Å²) in [5, 5.41) is 3.46. The average molecular weight is 314 g/mol. The molecule has 1 heterocycles. The Hall–Kier alpha value is -0.810. The molecule has 1 amide bonds. The number of hydrogen-bond acceptors (Lipinski definition) is 4. The van der Waals surface area contributed by atoms with Crippen molar-refractivity contribution in [3.05, 3.63) is 0 Å². The first-order valence-corrected chi connectivity index (χ1v) is 8.55. The predicted molar refractivity (Wildman–Crippen MR) is 89.2 cm³/mol. The number of hydrogen-bond donors (Lipinski definition) is 1. The van der Waals surface area contributed by atoms with Crippen LogP contribution in [0.5, 0.6) is 0 Å². The van der Waals surface area contributed by atoms with Gasteiger partial charge in [0.1, 0.15) is 5.60 Å².